The van der Waals surface area contributed by atoms with Gasteiger partial charge in [0.25, 0.3) is 5.91 Å². The average Bonchev–Trinajstić information content (AvgIpc) is 3.49. The molecular weight excluding hydrogens is 465 g/mol. The lowest BCUT2D eigenvalue weighted by molar-refractivity contribution is 0.00443. The summed E-state index contributed by atoms with van der Waals surface area (Å²) >= 11 is 0. The van der Waals surface area contributed by atoms with E-state index in [-0.39, 0.29) is 30.7 Å². The van der Waals surface area contributed by atoms with E-state index in [1.54, 1.807) is 24.9 Å². The monoisotopic (exact) mass is 493 g/mol. The van der Waals surface area contributed by atoms with E-state index in [1.807, 2.05) is 29.0 Å². The Bertz CT molecular complexity index is 1430. The molecule has 5 heterocycles. The van der Waals surface area contributed by atoms with Gasteiger partial charge in [-0.05, 0) is 31.4 Å². The lowest BCUT2D eigenvalue weighted by atomic mass is 9.89. The zero-order valence-corrected chi connectivity index (χ0v) is 20.1. The van der Waals surface area contributed by atoms with Gasteiger partial charge in [-0.25, -0.2) is 14.4 Å². The van der Waals surface area contributed by atoms with Crippen LogP contribution in [-0.2, 0) is 9.47 Å². The molecule has 1 aliphatic carbocycles. The van der Waals surface area contributed by atoms with Crippen LogP contribution in [0, 0.1) is 0 Å². The number of amides is 1. The number of carbonyl (C=O) groups is 1. The fourth-order valence-electron chi connectivity index (χ4n) is 5.15. The molecule has 0 bridgehead atoms. The summed E-state index contributed by atoms with van der Waals surface area (Å²) in [6.45, 7) is 0.570. The minimum Gasteiger partial charge on any atom is -0.379 e. The van der Waals surface area contributed by atoms with Gasteiger partial charge in [-0.1, -0.05) is 0 Å². The molecule has 1 amide bonds. The lowest BCUT2D eigenvalue weighted by Gasteiger charge is -2.35. The number of ether oxygens (including phenoxy) is 2. The van der Waals surface area contributed by atoms with Crippen LogP contribution >= 0.6 is 0 Å². The number of aromatic nitrogens is 5. The summed E-state index contributed by atoms with van der Waals surface area (Å²) < 4.78 is 29.1. The van der Waals surface area contributed by atoms with E-state index in [4.69, 9.17) is 14.5 Å². The van der Waals surface area contributed by atoms with E-state index in [2.05, 4.69) is 20.7 Å². The number of fused-ring (bicyclic) bond motifs is 2. The highest BCUT2D eigenvalue weighted by Gasteiger charge is 2.33. The zero-order chi connectivity index (χ0) is 24.8. The third-order valence-corrected chi connectivity index (χ3v) is 7.28. The molecule has 1 unspecified atom stereocenters. The first-order chi connectivity index (χ1) is 17.6. The SMILES string of the molecule is CNc1cc(-c2cn([C@H]3CCOC[C@@H]3F)c3ncccc23)nc2c(C(=O)NC3CC[C@@H]3OC)cnn12. The Morgan fingerprint density at radius 3 is 2.92 bits per heavy atom. The molecule has 6 rings (SSSR count). The Morgan fingerprint density at radius 1 is 1.28 bits per heavy atom. The second-order valence-electron chi connectivity index (χ2n) is 9.27. The number of halogens is 1. The number of methoxy groups -OCH3 is 1. The lowest BCUT2D eigenvalue weighted by Crippen LogP contribution is -2.51. The first-order valence-electron chi connectivity index (χ1n) is 12.2. The average molecular weight is 494 g/mol. The van der Waals surface area contributed by atoms with Crippen molar-refractivity contribution in [3.63, 3.8) is 0 Å². The summed E-state index contributed by atoms with van der Waals surface area (Å²) in [4.78, 5) is 22.6. The molecule has 11 heteroatoms. The van der Waals surface area contributed by atoms with Crippen molar-refractivity contribution in [2.24, 2.45) is 0 Å². The van der Waals surface area contributed by atoms with E-state index < -0.39 is 6.17 Å². The van der Waals surface area contributed by atoms with E-state index in [0.717, 1.165) is 23.8 Å². The second kappa shape index (κ2) is 9.14. The smallest absolute Gasteiger partial charge is 0.257 e. The third-order valence-electron chi connectivity index (χ3n) is 7.28. The molecular formula is C25H28FN7O3. The number of alkyl halides is 1. The second-order valence-corrected chi connectivity index (χ2v) is 9.27. The minimum atomic E-state index is -1.12. The molecule has 10 nitrogen and oxygen atoms in total. The van der Waals surface area contributed by atoms with Crippen molar-refractivity contribution in [3.05, 3.63) is 42.4 Å². The fourth-order valence-corrected chi connectivity index (χ4v) is 5.15. The predicted octanol–water partition coefficient (Wildman–Crippen LogP) is 2.99. The van der Waals surface area contributed by atoms with Crippen molar-refractivity contribution in [3.8, 4) is 11.3 Å². The first-order valence-corrected chi connectivity index (χ1v) is 12.2. The molecule has 36 heavy (non-hydrogen) atoms. The van der Waals surface area contributed by atoms with Crippen LogP contribution in [0.3, 0.4) is 0 Å². The van der Waals surface area contributed by atoms with Crippen LogP contribution in [0.5, 0.6) is 0 Å². The van der Waals surface area contributed by atoms with Crippen molar-refractivity contribution in [2.45, 2.75) is 43.6 Å². The fraction of sp³-hybridized carbons (Fsp3) is 0.440. The number of hydrogen-bond acceptors (Lipinski definition) is 7. The minimum absolute atomic E-state index is 0.0234. The number of nitrogens with one attached hydrogen (secondary N) is 2. The summed E-state index contributed by atoms with van der Waals surface area (Å²) in [5.41, 5.74) is 2.95. The number of nitrogens with zero attached hydrogens (tertiary/aromatic N) is 5. The third kappa shape index (κ3) is 3.70. The van der Waals surface area contributed by atoms with Gasteiger partial charge in [0, 0.05) is 50.2 Å². The number of rotatable bonds is 6. The molecule has 188 valence electrons. The standard InChI is InChI=1S/C25H28FN7O3/c1-27-22-10-19(30-24-15(11-29-33(22)24)25(34)31-18-5-6-21(18)35-2)16-12-32(20-7-9-36-13-17(20)26)23-14(16)4-3-8-28-23/h3-4,8,10-12,17-18,20-21,27H,5-7,9,13H2,1-2H3,(H,31,34)/t17-,18?,20-,21-/m0/s1. The van der Waals surface area contributed by atoms with Crippen LogP contribution in [-0.4, -0.2) is 75.7 Å². The van der Waals surface area contributed by atoms with E-state index in [0.29, 0.717) is 41.4 Å². The maximum atomic E-state index is 14.8. The molecule has 4 atom stereocenters. The van der Waals surface area contributed by atoms with Gasteiger partial charge in [-0.2, -0.15) is 9.61 Å². The summed E-state index contributed by atoms with van der Waals surface area (Å²) in [5.74, 6) is 0.432. The molecule has 2 N–H and O–H groups in total. The largest absolute Gasteiger partial charge is 0.379 e. The van der Waals surface area contributed by atoms with Crippen molar-refractivity contribution in [2.75, 3.05) is 32.7 Å². The Morgan fingerprint density at radius 2 is 2.17 bits per heavy atom. The summed E-state index contributed by atoms with van der Waals surface area (Å²) in [6, 6.07) is 5.29. The molecule has 1 aliphatic heterocycles. The quantitative estimate of drug-likeness (QED) is 0.425. The Labute approximate surface area is 206 Å². The summed E-state index contributed by atoms with van der Waals surface area (Å²) in [7, 11) is 3.44. The topological polar surface area (TPSA) is 108 Å². The first kappa shape index (κ1) is 22.9. The van der Waals surface area contributed by atoms with Gasteiger partial charge in [-0.3, -0.25) is 4.79 Å². The van der Waals surface area contributed by atoms with Gasteiger partial charge in [-0.15, -0.1) is 0 Å². The number of carbonyl (C=O) groups excluding carboxylic acids is 1. The normalized spacial score (nSPS) is 24.1. The Kier molecular flexibility index (Phi) is 5.81. The molecule has 1 saturated carbocycles. The highest BCUT2D eigenvalue weighted by molar-refractivity contribution is 6.01. The maximum Gasteiger partial charge on any atom is 0.257 e. The molecule has 0 spiro atoms. The molecule has 2 aliphatic rings. The van der Waals surface area contributed by atoms with Crippen LogP contribution in [0.15, 0.2) is 36.8 Å². The Balaban J connectivity index is 1.45. The summed E-state index contributed by atoms with van der Waals surface area (Å²) in [6.07, 6.45) is 6.40. The maximum absolute atomic E-state index is 14.8. The zero-order valence-electron chi connectivity index (χ0n) is 20.1. The van der Waals surface area contributed by atoms with Gasteiger partial charge in [0.15, 0.2) is 5.65 Å². The Hall–Kier alpha value is -3.57. The van der Waals surface area contributed by atoms with Crippen LogP contribution in [0.25, 0.3) is 27.9 Å². The molecule has 0 aromatic carbocycles. The van der Waals surface area contributed by atoms with Crippen molar-refractivity contribution in [1.82, 2.24) is 29.5 Å². The molecule has 2 fully saturated rings. The summed E-state index contributed by atoms with van der Waals surface area (Å²) in [5, 5.41) is 11.5. The number of anilines is 1. The van der Waals surface area contributed by atoms with E-state index in [9.17, 15) is 9.18 Å². The van der Waals surface area contributed by atoms with Crippen LogP contribution in [0.1, 0.15) is 35.7 Å². The molecule has 4 aromatic rings. The number of pyridine rings is 1. The van der Waals surface area contributed by atoms with E-state index in [1.165, 1.54) is 6.20 Å². The van der Waals surface area contributed by atoms with Crippen molar-refractivity contribution in [1.29, 1.82) is 0 Å². The van der Waals surface area contributed by atoms with Gasteiger partial charge in [0.1, 0.15) is 23.2 Å². The van der Waals surface area contributed by atoms with Gasteiger partial charge < -0.3 is 24.7 Å². The van der Waals surface area contributed by atoms with E-state index >= 15 is 0 Å². The molecule has 1 saturated heterocycles. The predicted molar refractivity (Wildman–Crippen MR) is 132 cm³/mol. The van der Waals surface area contributed by atoms with Crippen molar-refractivity contribution < 1.29 is 18.7 Å². The van der Waals surface area contributed by atoms with Gasteiger partial charge in [0.05, 0.1) is 36.7 Å². The van der Waals surface area contributed by atoms with Crippen molar-refractivity contribution >= 4 is 28.4 Å². The van der Waals surface area contributed by atoms with Gasteiger partial charge >= 0.3 is 0 Å². The van der Waals surface area contributed by atoms with Crippen LogP contribution in [0.2, 0.25) is 0 Å². The molecule has 4 aromatic heterocycles. The van der Waals surface area contributed by atoms with Crippen LogP contribution in [0.4, 0.5) is 10.2 Å². The highest BCUT2D eigenvalue weighted by Crippen LogP contribution is 2.35. The molecule has 0 radical (unpaired) electrons. The number of hydrogen-bond donors (Lipinski definition) is 2. The highest BCUT2D eigenvalue weighted by atomic mass is 19.1. The van der Waals surface area contributed by atoms with Crippen LogP contribution < -0.4 is 10.6 Å². The van der Waals surface area contributed by atoms with Gasteiger partial charge in [0.2, 0.25) is 0 Å².